The van der Waals surface area contributed by atoms with E-state index < -0.39 is 5.41 Å². The zero-order valence-electron chi connectivity index (χ0n) is 22.2. The van der Waals surface area contributed by atoms with E-state index in [1.54, 1.807) is 0 Å². The van der Waals surface area contributed by atoms with Crippen LogP contribution in [0, 0.1) is 12.3 Å². The molecule has 1 fully saturated rings. The molecule has 3 aliphatic rings. The number of likely N-dealkylation sites (tertiary alicyclic amines) is 1. The Morgan fingerprint density at radius 3 is 2.70 bits per heavy atom. The summed E-state index contributed by atoms with van der Waals surface area (Å²) in [6.07, 6.45) is 9.12. The van der Waals surface area contributed by atoms with Crippen molar-refractivity contribution in [3.63, 3.8) is 0 Å². The second kappa shape index (κ2) is 11.5. The third-order valence-corrected chi connectivity index (χ3v) is 7.72. The molecule has 5 heterocycles. The Morgan fingerprint density at radius 1 is 1.11 bits per heavy atom. The van der Waals surface area contributed by atoms with Crippen LogP contribution in [0.1, 0.15) is 55.1 Å². The number of fused-ring (bicyclic) bond motifs is 8. The lowest BCUT2D eigenvalue weighted by atomic mass is 9.74. The van der Waals surface area contributed by atoms with Crippen molar-refractivity contribution in [1.29, 1.82) is 0 Å². The Morgan fingerprint density at radius 2 is 1.92 bits per heavy atom. The molecule has 4 bridgehead atoms. The largest absolute Gasteiger partial charge is 0.494 e. The number of ether oxygens (including phenoxy) is 1. The summed E-state index contributed by atoms with van der Waals surface area (Å²) >= 11 is 0. The Bertz CT molecular complexity index is 1180. The van der Waals surface area contributed by atoms with Gasteiger partial charge in [0.05, 0.1) is 23.4 Å². The highest BCUT2D eigenvalue weighted by atomic mass is 16.5. The average Bonchev–Trinajstić information content (AvgIpc) is 3.49. The Kier molecular flexibility index (Phi) is 7.88. The van der Waals surface area contributed by atoms with Gasteiger partial charge in [0.15, 0.2) is 0 Å². The molecule has 2 aromatic heterocycles. The molecule has 1 spiro atoms. The Hall–Kier alpha value is -3.20. The first-order chi connectivity index (χ1) is 18.0. The first-order valence-corrected chi connectivity index (χ1v) is 13.7. The second-order valence-electron chi connectivity index (χ2n) is 10.6. The van der Waals surface area contributed by atoms with Gasteiger partial charge in [-0.2, -0.15) is 5.10 Å². The van der Waals surface area contributed by atoms with E-state index in [2.05, 4.69) is 62.5 Å². The van der Waals surface area contributed by atoms with Crippen LogP contribution >= 0.6 is 0 Å². The topological polar surface area (TPSA) is 90.1 Å². The normalized spacial score (nSPS) is 18.9. The molecule has 0 saturated carbocycles. The van der Waals surface area contributed by atoms with Gasteiger partial charge in [-0.25, -0.2) is 0 Å². The molecule has 1 N–H and O–H groups in total. The van der Waals surface area contributed by atoms with Gasteiger partial charge in [0.1, 0.15) is 5.75 Å². The SMILES string of the molecule is CCCn1cc(CN2CCC3(CC2)Cc2cn(nn2)CCCOc2ccc(cc2)CCNC3=O)c(C)n1. The number of piperidine rings is 1. The molecule has 0 atom stereocenters. The number of amides is 1. The summed E-state index contributed by atoms with van der Waals surface area (Å²) in [5.74, 6) is 1.01. The van der Waals surface area contributed by atoms with E-state index in [-0.39, 0.29) is 5.91 Å². The van der Waals surface area contributed by atoms with Gasteiger partial charge in [0.25, 0.3) is 0 Å². The highest BCUT2D eigenvalue weighted by molar-refractivity contribution is 5.83. The molecule has 37 heavy (non-hydrogen) atoms. The summed E-state index contributed by atoms with van der Waals surface area (Å²) in [6.45, 7) is 9.82. The van der Waals surface area contributed by atoms with Crippen molar-refractivity contribution in [3.8, 4) is 5.75 Å². The summed E-state index contributed by atoms with van der Waals surface area (Å²) < 4.78 is 9.80. The first kappa shape index (κ1) is 25.4. The predicted molar refractivity (Wildman–Crippen MR) is 141 cm³/mol. The van der Waals surface area contributed by atoms with Gasteiger partial charge in [0, 0.05) is 57.0 Å². The fraction of sp³-hybridized carbons (Fsp3) is 0.571. The number of benzene rings is 1. The van der Waals surface area contributed by atoms with E-state index in [9.17, 15) is 4.79 Å². The van der Waals surface area contributed by atoms with E-state index in [1.165, 1.54) is 11.1 Å². The second-order valence-corrected chi connectivity index (χ2v) is 10.6. The highest BCUT2D eigenvalue weighted by Crippen LogP contribution is 2.36. The molecular formula is C28H39N7O2. The molecule has 198 valence electrons. The van der Waals surface area contributed by atoms with Gasteiger partial charge >= 0.3 is 0 Å². The van der Waals surface area contributed by atoms with Crippen LogP contribution in [0.3, 0.4) is 0 Å². The van der Waals surface area contributed by atoms with E-state index in [0.29, 0.717) is 19.6 Å². The maximum atomic E-state index is 13.7. The predicted octanol–water partition coefficient (Wildman–Crippen LogP) is 3.16. The zero-order valence-corrected chi connectivity index (χ0v) is 22.2. The van der Waals surface area contributed by atoms with Gasteiger partial charge in [0.2, 0.25) is 5.91 Å². The molecule has 1 aromatic carbocycles. The molecule has 1 amide bonds. The quantitative estimate of drug-likeness (QED) is 0.586. The maximum Gasteiger partial charge on any atom is 0.226 e. The van der Waals surface area contributed by atoms with Crippen molar-refractivity contribution in [1.82, 2.24) is 35.0 Å². The number of aryl methyl sites for hydroxylation is 3. The minimum atomic E-state index is -0.472. The van der Waals surface area contributed by atoms with E-state index in [1.807, 2.05) is 23.0 Å². The summed E-state index contributed by atoms with van der Waals surface area (Å²) in [7, 11) is 0. The van der Waals surface area contributed by atoms with Crippen molar-refractivity contribution in [2.75, 3.05) is 26.2 Å². The molecule has 3 aromatic rings. The Balaban J connectivity index is 1.29. The summed E-state index contributed by atoms with van der Waals surface area (Å²) in [4.78, 5) is 16.1. The number of rotatable bonds is 4. The lowest BCUT2D eigenvalue weighted by Crippen LogP contribution is -2.50. The fourth-order valence-electron chi connectivity index (χ4n) is 5.47. The summed E-state index contributed by atoms with van der Waals surface area (Å²) in [6, 6.07) is 8.19. The number of aromatic nitrogens is 5. The van der Waals surface area contributed by atoms with Crippen LogP contribution in [0.25, 0.3) is 0 Å². The smallest absolute Gasteiger partial charge is 0.226 e. The molecular weight excluding hydrogens is 466 g/mol. The minimum Gasteiger partial charge on any atom is -0.494 e. The summed E-state index contributed by atoms with van der Waals surface area (Å²) in [5, 5.41) is 16.7. The van der Waals surface area contributed by atoms with Gasteiger partial charge in [-0.15, -0.1) is 5.10 Å². The number of nitrogens with one attached hydrogen (secondary N) is 1. The lowest BCUT2D eigenvalue weighted by Gasteiger charge is -2.40. The van der Waals surface area contributed by atoms with Crippen molar-refractivity contribution in [2.45, 2.75) is 72.0 Å². The number of hydrogen-bond acceptors (Lipinski definition) is 6. The lowest BCUT2D eigenvalue weighted by molar-refractivity contribution is -0.134. The van der Waals surface area contributed by atoms with Crippen LogP contribution < -0.4 is 10.1 Å². The standard InChI is InChI=1S/C28H39N7O2/c1-3-13-34-20-24(22(2)31-34)19-33-15-10-28(11-16-33)18-25-21-35(32-30-25)14-4-17-37-26-7-5-23(6-8-26)9-12-29-27(28)36/h5-8,20-21H,3-4,9-19H2,1-2H3,(H,29,36). The minimum absolute atomic E-state index is 0.137. The van der Waals surface area contributed by atoms with E-state index in [0.717, 1.165) is 82.0 Å². The van der Waals surface area contributed by atoms with Crippen LogP contribution in [-0.4, -0.2) is 61.8 Å². The first-order valence-electron chi connectivity index (χ1n) is 13.7. The number of carbonyl (C=O) groups excluding carboxylic acids is 1. The molecule has 6 rings (SSSR count). The van der Waals surface area contributed by atoms with Crippen molar-refractivity contribution in [2.24, 2.45) is 5.41 Å². The van der Waals surface area contributed by atoms with Gasteiger partial charge in [-0.3, -0.25) is 19.1 Å². The average molecular weight is 506 g/mol. The number of hydrogen-bond donors (Lipinski definition) is 1. The molecule has 0 radical (unpaired) electrons. The fourth-order valence-corrected chi connectivity index (χ4v) is 5.47. The molecule has 3 aliphatic heterocycles. The van der Waals surface area contributed by atoms with Crippen molar-refractivity contribution >= 4 is 5.91 Å². The molecule has 0 unspecified atom stereocenters. The van der Waals surface area contributed by atoms with Crippen LogP contribution in [0.2, 0.25) is 0 Å². The third kappa shape index (κ3) is 6.21. The number of carbonyl (C=O) groups is 1. The third-order valence-electron chi connectivity index (χ3n) is 7.72. The molecule has 9 nitrogen and oxygen atoms in total. The maximum absolute atomic E-state index is 13.7. The van der Waals surface area contributed by atoms with Crippen LogP contribution in [0.4, 0.5) is 0 Å². The molecule has 1 saturated heterocycles. The number of nitrogens with zero attached hydrogens (tertiary/aromatic N) is 6. The molecule has 9 heteroatoms. The van der Waals surface area contributed by atoms with Crippen molar-refractivity contribution < 1.29 is 9.53 Å². The van der Waals surface area contributed by atoms with Crippen molar-refractivity contribution in [3.05, 3.63) is 59.2 Å². The summed E-state index contributed by atoms with van der Waals surface area (Å²) in [5.41, 5.74) is 3.99. The van der Waals surface area contributed by atoms with Gasteiger partial charge in [-0.1, -0.05) is 24.3 Å². The Labute approximate surface area is 219 Å². The van der Waals surface area contributed by atoms with E-state index in [4.69, 9.17) is 4.74 Å². The van der Waals surface area contributed by atoms with Gasteiger partial charge in [-0.05, 0) is 63.4 Å². The van der Waals surface area contributed by atoms with Gasteiger partial charge < -0.3 is 10.1 Å². The van der Waals surface area contributed by atoms with Crippen LogP contribution in [0.5, 0.6) is 5.75 Å². The monoisotopic (exact) mass is 505 g/mol. The van der Waals surface area contributed by atoms with E-state index >= 15 is 0 Å². The zero-order chi connectivity index (χ0) is 25.7. The highest BCUT2D eigenvalue weighted by Gasteiger charge is 2.42. The molecule has 0 aliphatic carbocycles. The van der Waals surface area contributed by atoms with Crippen LogP contribution in [-0.2, 0) is 37.3 Å². The van der Waals surface area contributed by atoms with Crippen LogP contribution in [0.15, 0.2) is 36.7 Å².